The van der Waals surface area contributed by atoms with Crippen molar-refractivity contribution in [1.82, 2.24) is 10.6 Å². The van der Waals surface area contributed by atoms with Gasteiger partial charge in [-0.25, -0.2) is 13.2 Å². The maximum atomic E-state index is 12.5. The second-order valence-electron chi connectivity index (χ2n) is 7.23. The highest BCUT2D eigenvalue weighted by Crippen LogP contribution is 2.32. The van der Waals surface area contributed by atoms with Crippen LogP contribution in [-0.2, 0) is 24.2 Å². The molecule has 0 bridgehead atoms. The van der Waals surface area contributed by atoms with Crippen molar-refractivity contribution < 1.29 is 27.5 Å². The second kappa shape index (κ2) is 10.2. The molecular formula is C19H25BrN2O6S. The third-order valence-electron chi connectivity index (χ3n) is 4.55. The standard InChI is InChI=1S/C19H25BrN2O6S/c1-12(13-7-8-13)21-17(23)11-28-19(25)16(9-10-29(2,26)27)22-18(24)14-5-3-4-6-15(14)20/h3-6,12-13,16H,7-11H2,1-2H3,(H,21,23)(H,22,24)/t12-,16-/m1/s1. The number of amides is 2. The monoisotopic (exact) mass is 488 g/mol. The quantitative estimate of drug-likeness (QED) is 0.481. The highest BCUT2D eigenvalue weighted by molar-refractivity contribution is 9.10. The van der Waals surface area contributed by atoms with Gasteiger partial charge in [0.2, 0.25) is 0 Å². The fraction of sp³-hybridized carbons (Fsp3) is 0.526. The molecule has 1 fully saturated rings. The van der Waals surface area contributed by atoms with Crippen molar-refractivity contribution in [1.29, 1.82) is 0 Å². The van der Waals surface area contributed by atoms with E-state index in [9.17, 15) is 22.8 Å². The molecule has 8 nitrogen and oxygen atoms in total. The van der Waals surface area contributed by atoms with Crippen LogP contribution in [0.2, 0.25) is 0 Å². The van der Waals surface area contributed by atoms with Crippen molar-refractivity contribution in [3.05, 3.63) is 34.3 Å². The Labute approximate surface area is 178 Å². The Morgan fingerprint density at radius 2 is 1.86 bits per heavy atom. The van der Waals surface area contributed by atoms with Gasteiger partial charge in [-0.1, -0.05) is 12.1 Å². The van der Waals surface area contributed by atoms with E-state index >= 15 is 0 Å². The first-order chi connectivity index (χ1) is 13.6. The average molecular weight is 489 g/mol. The number of hydrogen-bond donors (Lipinski definition) is 2. The number of nitrogens with one attached hydrogen (secondary N) is 2. The molecule has 10 heteroatoms. The van der Waals surface area contributed by atoms with E-state index < -0.39 is 40.3 Å². The molecule has 1 aromatic carbocycles. The first-order valence-electron chi connectivity index (χ1n) is 9.26. The van der Waals surface area contributed by atoms with Crippen LogP contribution >= 0.6 is 15.9 Å². The number of carbonyl (C=O) groups excluding carboxylic acids is 3. The molecule has 0 radical (unpaired) electrons. The molecule has 2 N–H and O–H groups in total. The SMILES string of the molecule is C[C@@H](NC(=O)COC(=O)[C@@H](CCS(C)(=O)=O)NC(=O)c1ccccc1Br)C1CC1. The lowest BCUT2D eigenvalue weighted by Crippen LogP contribution is -2.44. The largest absolute Gasteiger partial charge is 0.454 e. The minimum absolute atomic E-state index is 0.0115. The van der Waals surface area contributed by atoms with Crippen LogP contribution in [0.25, 0.3) is 0 Å². The van der Waals surface area contributed by atoms with Gasteiger partial charge in [0.15, 0.2) is 6.61 Å². The summed E-state index contributed by atoms with van der Waals surface area (Å²) in [4.78, 5) is 36.9. The fourth-order valence-corrected chi connectivity index (χ4v) is 3.84. The molecule has 0 spiro atoms. The zero-order chi connectivity index (χ0) is 21.6. The second-order valence-corrected chi connectivity index (χ2v) is 10.3. The smallest absolute Gasteiger partial charge is 0.329 e. The summed E-state index contributed by atoms with van der Waals surface area (Å²) in [5.41, 5.74) is 0.292. The number of carbonyl (C=O) groups is 3. The summed E-state index contributed by atoms with van der Waals surface area (Å²) < 4.78 is 28.5. The van der Waals surface area contributed by atoms with E-state index in [0.717, 1.165) is 19.1 Å². The van der Waals surface area contributed by atoms with E-state index in [1.54, 1.807) is 24.3 Å². The van der Waals surface area contributed by atoms with E-state index in [1.165, 1.54) is 0 Å². The third-order valence-corrected chi connectivity index (χ3v) is 6.22. The number of sulfone groups is 1. The zero-order valence-electron chi connectivity index (χ0n) is 16.3. The lowest BCUT2D eigenvalue weighted by atomic mass is 10.1. The molecule has 0 heterocycles. The molecule has 2 rings (SSSR count). The molecular weight excluding hydrogens is 464 g/mol. The van der Waals surface area contributed by atoms with Crippen LogP contribution in [0.15, 0.2) is 28.7 Å². The molecule has 1 aliphatic rings. The summed E-state index contributed by atoms with van der Waals surface area (Å²) in [5.74, 6) is -1.70. The maximum absolute atomic E-state index is 12.5. The van der Waals surface area contributed by atoms with E-state index in [-0.39, 0.29) is 18.2 Å². The summed E-state index contributed by atoms with van der Waals surface area (Å²) in [5, 5.41) is 5.26. The highest BCUT2D eigenvalue weighted by Gasteiger charge is 2.30. The summed E-state index contributed by atoms with van der Waals surface area (Å²) >= 11 is 3.26. The summed E-state index contributed by atoms with van der Waals surface area (Å²) in [6, 6.07) is 5.44. The Balaban J connectivity index is 1.98. The van der Waals surface area contributed by atoms with Crippen molar-refractivity contribution in [3.63, 3.8) is 0 Å². The predicted molar refractivity (Wildman–Crippen MR) is 111 cm³/mol. The van der Waals surface area contributed by atoms with Crippen molar-refractivity contribution >= 4 is 43.6 Å². The molecule has 1 aliphatic carbocycles. The number of halogens is 1. The van der Waals surface area contributed by atoms with Gasteiger partial charge in [0.1, 0.15) is 15.9 Å². The molecule has 160 valence electrons. The van der Waals surface area contributed by atoms with Gasteiger partial charge in [-0.2, -0.15) is 0 Å². The van der Waals surface area contributed by atoms with Crippen LogP contribution in [0.3, 0.4) is 0 Å². The minimum atomic E-state index is -3.36. The average Bonchev–Trinajstić information content (AvgIpc) is 3.47. The number of esters is 1. The highest BCUT2D eigenvalue weighted by atomic mass is 79.9. The van der Waals surface area contributed by atoms with Gasteiger partial charge in [-0.3, -0.25) is 9.59 Å². The van der Waals surface area contributed by atoms with Crippen molar-refractivity contribution in [3.8, 4) is 0 Å². The lowest BCUT2D eigenvalue weighted by molar-refractivity contribution is -0.150. The zero-order valence-corrected chi connectivity index (χ0v) is 18.7. The van der Waals surface area contributed by atoms with Crippen LogP contribution in [-0.4, -0.2) is 56.9 Å². The van der Waals surface area contributed by atoms with E-state index in [4.69, 9.17) is 4.74 Å². The number of benzene rings is 1. The normalized spacial score (nSPS) is 15.8. The first-order valence-corrected chi connectivity index (χ1v) is 12.1. The predicted octanol–water partition coefficient (Wildman–Crippen LogP) is 1.44. The molecule has 2 atom stereocenters. The van der Waals surface area contributed by atoms with Crippen molar-refractivity contribution in [2.45, 2.75) is 38.3 Å². The van der Waals surface area contributed by atoms with Gasteiger partial charge in [0.25, 0.3) is 11.8 Å². The summed E-state index contributed by atoms with van der Waals surface area (Å²) in [6.07, 6.45) is 3.01. The van der Waals surface area contributed by atoms with Crippen molar-refractivity contribution in [2.75, 3.05) is 18.6 Å². The van der Waals surface area contributed by atoms with Gasteiger partial charge >= 0.3 is 5.97 Å². The molecule has 2 amide bonds. The molecule has 1 aromatic rings. The van der Waals surface area contributed by atoms with E-state index in [1.807, 2.05) is 6.92 Å². The van der Waals surface area contributed by atoms with Gasteiger partial charge in [0, 0.05) is 16.8 Å². The molecule has 0 unspecified atom stereocenters. The molecule has 0 aromatic heterocycles. The molecule has 0 saturated heterocycles. The number of hydrogen-bond acceptors (Lipinski definition) is 6. The Hall–Kier alpha value is -1.94. The molecule has 0 aliphatic heterocycles. The fourth-order valence-electron chi connectivity index (χ4n) is 2.71. The Bertz CT molecular complexity index is 869. The van der Waals surface area contributed by atoms with Gasteiger partial charge in [-0.05, 0) is 60.2 Å². The summed E-state index contributed by atoms with van der Waals surface area (Å²) in [6.45, 7) is 1.40. The van der Waals surface area contributed by atoms with E-state index in [0.29, 0.717) is 16.0 Å². The number of rotatable bonds is 10. The topological polar surface area (TPSA) is 119 Å². The lowest BCUT2D eigenvalue weighted by Gasteiger charge is -2.18. The van der Waals surface area contributed by atoms with Crippen LogP contribution in [0.5, 0.6) is 0 Å². The Kier molecular flexibility index (Phi) is 8.21. The number of ether oxygens (including phenoxy) is 1. The van der Waals surface area contributed by atoms with Crippen LogP contribution < -0.4 is 10.6 Å². The first kappa shape index (κ1) is 23.3. The van der Waals surface area contributed by atoms with Gasteiger partial charge in [0.05, 0.1) is 11.3 Å². The van der Waals surface area contributed by atoms with Crippen LogP contribution in [0, 0.1) is 5.92 Å². The van der Waals surface area contributed by atoms with Gasteiger partial charge in [-0.15, -0.1) is 0 Å². The van der Waals surface area contributed by atoms with Crippen LogP contribution in [0.1, 0.15) is 36.5 Å². The molecule has 1 saturated carbocycles. The Morgan fingerprint density at radius 3 is 2.45 bits per heavy atom. The van der Waals surface area contributed by atoms with Gasteiger partial charge < -0.3 is 15.4 Å². The summed E-state index contributed by atoms with van der Waals surface area (Å²) in [7, 11) is -3.36. The molecule has 29 heavy (non-hydrogen) atoms. The van der Waals surface area contributed by atoms with Crippen molar-refractivity contribution in [2.24, 2.45) is 5.92 Å². The maximum Gasteiger partial charge on any atom is 0.329 e. The minimum Gasteiger partial charge on any atom is -0.454 e. The Morgan fingerprint density at radius 1 is 1.21 bits per heavy atom. The third kappa shape index (κ3) is 8.14. The van der Waals surface area contributed by atoms with E-state index in [2.05, 4.69) is 26.6 Å². The van der Waals surface area contributed by atoms with Crippen LogP contribution in [0.4, 0.5) is 0 Å².